The zero-order chi connectivity index (χ0) is 28.3. The van der Waals surface area contributed by atoms with Gasteiger partial charge in [0.15, 0.2) is 0 Å². The summed E-state index contributed by atoms with van der Waals surface area (Å²) in [5.41, 5.74) is 1.43. The van der Waals surface area contributed by atoms with Gasteiger partial charge in [-0.05, 0) is 110 Å². The Kier molecular flexibility index (Phi) is 7.12. The second-order valence-electron chi connectivity index (χ2n) is 12.6. The summed E-state index contributed by atoms with van der Waals surface area (Å²) < 4.78 is 61.9. The van der Waals surface area contributed by atoms with Crippen molar-refractivity contribution in [2.75, 3.05) is 13.1 Å². The maximum absolute atomic E-state index is 14.0. The van der Waals surface area contributed by atoms with Crippen LogP contribution in [0.15, 0.2) is 36.4 Å². The number of hydrogen-bond donors (Lipinski definition) is 1. The van der Waals surface area contributed by atoms with Gasteiger partial charge in [0.2, 0.25) is 0 Å². The van der Waals surface area contributed by atoms with Gasteiger partial charge in [-0.25, -0.2) is 4.39 Å². The number of rotatable bonds is 7. The van der Waals surface area contributed by atoms with Gasteiger partial charge in [-0.3, -0.25) is 9.69 Å². The molecule has 0 spiro atoms. The molecule has 2 aromatic carbocycles. The van der Waals surface area contributed by atoms with Crippen molar-refractivity contribution in [3.8, 4) is 5.75 Å². The highest BCUT2D eigenvalue weighted by molar-refractivity contribution is 5.71. The number of nitrogens with zero attached hydrogens (tertiary/aromatic N) is 1. The molecule has 4 unspecified atom stereocenters. The molecule has 2 aliphatic carbocycles. The summed E-state index contributed by atoms with van der Waals surface area (Å²) in [5.74, 6) is 0.320. The standard InChI is InChI=1S/C32H37F4NO3/c1-17(31(38)39)29(20-4-5-20)21-6-3-19-9-12-27(40-28(19)13-21)30-22-7-8-23(30)16-37(15-22)18(2)25-14-24(33)10-11-26(25)32(34,35)36/h3,6,10-11,13-14,17-18,20,22-23,27,29-30H,4-5,7-9,12,15-16H2,1-2H3,(H,38,39)/t17-,18-,22+,23?,27?,29?,30?/m0/s1. The summed E-state index contributed by atoms with van der Waals surface area (Å²) in [6.07, 6.45) is 1.45. The van der Waals surface area contributed by atoms with Gasteiger partial charge >= 0.3 is 12.1 Å². The van der Waals surface area contributed by atoms with Crippen LogP contribution < -0.4 is 4.74 Å². The largest absolute Gasteiger partial charge is 0.490 e. The van der Waals surface area contributed by atoms with Gasteiger partial charge in [-0.15, -0.1) is 0 Å². The van der Waals surface area contributed by atoms with Crippen molar-refractivity contribution in [3.63, 3.8) is 0 Å². The van der Waals surface area contributed by atoms with Crippen LogP contribution in [0.1, 0.15) is 80.2 Å². The lowest BCUT2D eigenvalue weighted by Crippen LogP contribution is -2.49. The fraction of sp³-hybridized carbons (Fsp3) is 0.594. The SMILES string of the molecule is C[C@H](C(=O)O)C(c1ccc2c(c1)OC(C1C3CC[C@@H]1CN([C@@H](C)c1cc(F)ccc1C(F)(F)F)C3)CC2)C1CC1. The van der Waals surface area contributed by atoms with Crippen molar-refractivity contribution in [2.45, 2.75) is 76.6 Å². The number of halogens is 4. The lowest BCUT2D eigenvalue weighted by molar-refractivity contribution is -0.142. The van der Waals surface area contributed by atoms with E-state index < -0.39 is 35.5 Å². The summed E-state index contributed by atoms with van der Waals surface area (Å²) in [7, 11) is 0. The van der Waals surface area contributed by atoms with Gasteiger partial charge in [0.05, 0.1) is 11.5 Å². The molecular formula is C32H37F4NO3. The highest BCUT2D eigenvalue weighted by atomic mass is 19.4. The van der Waals surface area contributed by atoms with Crippen LogP contribution in [-0.4, -0.2) is 35.2 Å². The van der Waals surface area contributed by atoms with E-state index in [9.17, 15) is 27.5 Å². The minimum absolute atomic E-state index is 0.00142. The van der Waals surface area contributed by atoms with Gasteiger partial charge < -0.3 is 9.84 Å². The highest BCUT2D eigenvalue weighted by Gasteiger charge is 2.49. The molecule has 2 bridgehead atoms. The molecule has 3 fully saturated rings. The Morgan fingerprint density at radius 1 is 1.00 bits per heavy atom. The first-order valence-electron chi connectivity index (χ1n) is 14.6. The van der Waals surface area contributed by atoms with Crippen molar-refractivity contribution >= 4 is 5.97 Å². The van der Waals surface area contributed by atoms with Crippen molar-refractivity contribution in [2.24, 2.45) is 29.6 Å². The molecule has 0 aromatic heterocycles. The van der Waals surface area contributed by atoms with Crippen LogP contribution in [0.3, 0.4) is 0 Å². The number of benzene rings is 2. The summed E-state index contributed by atoms with van der Waals surface area (Å²) in [4.78, 5) is 13.9. The molecule has 2 heterocycles. The number of ether oxygens (including phenoxy) is 1. The number of aliphatic carboxylic acids is 1. The molecule has 2 saturated carbocycles. The molecule has 2 aromatic rings. The van der Waals surface area contributed by atoms with Gasteiger partial charge in [0.25, 0.3) is 0 Å². The van der Waals surface area contributed by atoms with E-state index in [0.29, 0.717) is 36.8 Å². The minimum Gasteiger partial charge on any atom is -0.490 e. The Labute approximate surface area is 232 Å². The average Bonchev–Trinajstić information content (AvgIpc) is 3.71. The quantitative estimate of drug-likeness (QED) is 0.358. The van der Waals surface area contributed by atoms with Crippen LogP contribution in [0.5, 0.6) is 5.75 Å². The summed E-state index contributed by atoms with van der Waals surface area (Å²) in [5, 5.41) is 9.70. The molecule has 2 aliphatic heterocycles. The van der Waals surface area contributed by atoms with Crippen LogP contribution in [0.2, 0.25) is 0 Å². The second-order valence-corrected chi connectivity index (χ2v) is 12.6. The lowest BCUT2D eigenvalue weighted by Gasteiger charge is -2.45. The third-order valence-electron chi connectivity index (χ3n) is 10.2. The van der Waals surface area contributed by atoms with E-state index in [-0.39, 0.29) is 17.6 Å². The van der Waals surface area contributed by atoms with E-state index in [1.165, 1.54) is 0 Å². The van der Waals surface area contributed by atoms with Crippen LogP contribution in [0, 0.1) is 35.4 Å². The molecule has 4 nitrogen and oxygen atoms in total. The first-order chi connectivity index (χ1) is 19.0. The fourth-order valence-electron chi connectivity index (χ4n) is 8.02. The summed E-state index contributed by atoms with van der Waals surface area (Å²) >= 11 is 0. The zero-order valence-corrected chi connectivity index (χ0v) is 23.0. The Hall–Kier alpha value is -2.61. The number of likely N-dealkylation sites (tertiary alicyclic amines) is 1. The van der Waals surface area contributed by atoms with Crippen LogP contribution in [0.25, 0.3) is 0 Å². The third-order valence-corrected chi connectivity index (χ3v) is 10.2. The maximum Gasteiger partial charge on any atom is 0.416 e. The van der Waals surface area contributed by atoms with E-state index >= 15 is 0 Å². The van der Waals surface area contributed by atoms with Gasteiger partial charge in [-0.1, -0.05) is 19.1 Å². The fourth-order valence-corrected chi connectivity index (χ4v) is 8.02. The first kappa shape index (κ1) is 27.6. The summed E-state index contributed by atoms with van der Waals surface area (Å²) in [6.45, 7) is 4.89. The van der Waals surface area contributed by atoms with Crippen LogP contribution in [-0.2, 0) is 17.4 Å². The van der Waals surface area contributed by atoms with Gasteiger partial charge in [0, 0.05) is 25.0 Å². The first-order valence-corrected chi connectivity index (χ1v) is 14.6. The predicted molar refractivity (Wildman–Crippen MR) is 143 cm³/mol. The minimum atomic E-state index is -4.53. The molecule has 6 rings (SSSR count). The van der Waals surface area contributed by atoms with E-state index in [1.807, 2.05) is 0 Å². The van der Waals surface area contributed by atoms with E-state index in [2.05, 4.69) is 23.1 Å². The lowest BCUT2D eigenvalue weighted by atomic mass is 9.77. The molecular weight excluding hydrogens is 522 g/mol. The van der Waals surface area contributed by atoms with Crippen molar-refractivity contribution < 1.29 is 32.2 Å². The van der Waals surface area contributed by atoms with E-state index in [0.717, 1.165) is 73.6 Å². The van der Waals surface area contributed by atoms with Crippen molar-refractivity contribution in [3.05, 3.63) is 64.5 Å². The smallest absolute Gasteiger partial charge is 0.416 e. The summed E-state index contributed by atoms with van der Waals surface area (Å²) in [6, 6.07) is 8.49. The molecule has 40 heavy (non-hydrogen) atoms. The highest BCUT2D eigenvalue weighted by Crippen LogP contribution is 2.51. The topological polar surface area (TPSA) is 49.8 Å². The number of carboxylic acid groups (broad SMARTS) is 1. The molecule has 0 amide bonds. The number of carboxylic acids is 1. The number of fused-ring (bicyclic) bond motifs is 3. The van der Waals surface area contributed by atoms with Crippen LogP contribution >= 0.6 is 0 Å². The zero-order valence-electron chi connectivity index (χ0n) is 23.0. The molecule has 1 N–H and O–H groups in total. The van der Waals surface area contributed by atoms with E-state index in [1.54, 1.807) is 13.8 Å². The average molecular weight is 560 g/mol. The second kappa shape index (κ2) is 10.3. The molecule has 1 saturated heterocycles. The number of alkyl halides is 3. The normalized spacial score (nSPS) is 28.9. The van der Waals surface area contributed by atoms with E-state index in [4.69, 9.17) is 4.74 Å². The predicted octanol–water partition coefficient (Wildman–Crippen LogP) is 7.47. The molecule has 8 heteroatoms. The molecule has 4 aliphatic rings. The Morgan fingerprint density at radius 2 is 1.70 bits per heavy atom. The van der Waals surface area contributed by atoms with Crippen molar-refractivity contribution in [1.29, 1.82) is 0 Å². The monoisotopic (exact) mass is 559 g/mol. The van der Waals surface area contributed by atoms with Crippen LogP contribution in [0.4, 0.5) is 17.6 Å². The number of aryl methyl sites for hydroxylation is 1. The Bertz CT molecular complexity index is 1260. The van der Waals surface area contributed by atoms with Gasteiger partial charge in [-0.2, -0.15) is 13.2 Å². The number of piperidine rings is 1. The molecule has 0 radical (unpaired) electrons. The Balaban J connectivity index is 1.19. The number of carbonyl (C=O) groups is 1. The Morgan fingerprint density at radius 3 is 2.33 bits per heavy atom. The molecule has 216 valence electrons. The molecule has 7 atom stereocenters. The maximum atomic E-state index is 14.0. The third kappa shape index (κ3) is 5.12. The van der Waals surface area contributed by atoms with Crippen molar-refractivity contribution in [1.82, 2.24) is 4.90 Å². The van der Waals surface area contributed by atoms with Gasteiger partial charge in [0.1, 0.15) is 17.7 Å². The number of hydrogen-bond acceptors (Lipinski definition) is 3.